The smallest absolute Gasteiger partial charge is 0.193 e. The minimum Gasteiger partial charge on any atom is -0.370 e. The number of hydrogen-bond acceptors (Lipinski definition) is 1. The highest BCUT2D eigenvalue weighted by Gasteiger charge is 2.16. The molecule has 0 unspecified atom stereocenters. The molecule has 0 bridgehead atoms. The summed E-state index contributed by atoms with van der Waals surface area (Å²) in [5.74, 6) is 0.0587. The monoisotopic (exact) mass is 373 g/mol. The van der Waals surface area contributed by atoms with Gasteiger partial charge in [0.2, 0.25) is 0 Å². The van der Waals surface area contributed by atoms with E-state index in [9.17, 15) is 0 Å². The minimum atomic E-state index is 0. The summed E-state index contributed by atoms with van der Waals surface area (Å²) in [5, 5.41) is 7.96. The number of hydrogen-bond donors (Lipinski definition) is 2. The van der Waals surface area contributed by atoms with Crippen LogP contribution in [0.4, 0.5) is 5.69 Å². The lowest BCUT2D eigenvalue weighted by molar-refractivity contribution is 0.589. The molecule has 0 fully saturated rings. The summed E-state index contributed by atoms with van der Waals surface area (Å²) in [6, 6.07) is 16.9. The molecule has 0 atom stereocenters. The van der Waals surface area contributed by atoms with Crippen LogP contribution in [0.2, 0.25) is 0 Å². The third-order valence-electron chi connectivity index (χ3n) is 4.50. The molecule has 0 aliphatic carbocycles. The van der Waals surface area contributed by atoms with E-state index in [1.165, 1.54) is 11.1 Å². The van der Waals surface area contributed by atoms with Gasteiger partial charge in [-0.1, -0.05) is 77.9 Å². The predicted molar refractivity (Wildman–Crippen MR) is 116 cm³/mol. The summed E-state index contributed by atoms with van der Waals surface area (Å²) < 4.78 is 0. The molecule has 4 heteroatoms. The van der Waals surface area contributed by atoms with Gasteiger partial charge in [0.25, 0.3) is 0 Å². The fraction of sp³-hybridized carbons (Fsp3) is 0.409. The van der Waals surface area contributed by atoms with Gasteiger partial charge < -0.3 is 10.6 Å². The van der Waals surface area contributed by atoms with Gasteiger partial charge in [0.1, 0.15) is 0 Å². The van der Waals surface area contributed by atoms with E-state index >= 15 is 0 Å². The van der Waals surface area contributed by atoms with Crippen molar-refractivity contribution < 1.29 is 0 Å². The Bertz CT molecular complexity index is 720. The topological polar surface area (TPSA) is 53.1 Å². The fourth-order valence-corrected chi connectivity index (χ4v) is 2.75. The maximum Gasteiger partial charge on any atom is 0.193 e. The standard InChI is InChI=1S/C22H31N3.ClH/c1-21(2,3)17-9-7-16(8-10-17)15-25(20(23)24)19-13-11-18(12-14-19)22(4,5)6;/h7-14H,15H2,1-6H3,(H3,23,24);1H. The van der Waals surface area contributed by atoms with Crippen LogP contribution in [-0.2, 0) is 17.4 Å². The Morgan fingerprint density at radius 3 is 1.54 bits per heavy atom. The zero-order valence-electron chi connectivity index (χ0n) is 16.8. The van der Waals surface area contributed by atoms with Crippen LogP contribution in [0, 0.1) is 5.41 Å². The first-order valence-corrected chi connectivity index (χ1v) is 8.80. The van der Waals surface area contributed by atoms with Gasteiger partial charge in [0.05, 0.1) is 6.54 Å². The molecule has 2 aromatic rings. The molecule has 0 aliphatic heterocycles. The lowest BCUT2D eigenvalue weighted by atomic mass is 9.86. The van der Waals surface area contributed by atoms with Gasteiger partial charge in [-0.15, -0.1) is 12.4 Å². The average Bonchev–Trinajstić information content (AvgIpc) is 2.51. The van der Waals surface area contributed by atoms with Gasteiger partial charge in [-0.05, 0) is 39.7 Å². The van der Waals surface area contributed by atoms with E-state index in [4.69, 9.17) is 11.1 Å². The molecule has 2 rings (SSSR count). The van der Waals surface area contributed by atoms with Crippen molar-refractivity contribution in [2.45, 2.75) is 58.9 Å². The third kappa shape index (κ3) is 5.50. The second-order valence-corrected chi connectivity index (χ2v) is 8.72. The first kappa shape index (κ1) is 22.0. The molecule has 3 nitrogen and oxygen atoms in total. The minimum absolute atomic E-state index is 0. The number of anilines is 1. The largest absolute Gasteiger partial charge is 0.370 e. The third-order valence-corrected chi connectivity index (χ3v) is 4.50. The van der Waals surface area contributed by atoms with Crippen molar-refractivity contribution in [3.63, 3.8) is 0 Å². The van der Waals surface area contributed by atoms with Crippen LogP contribution < -0.4 is 10.6 Å². The van der Waals surface area contributed by atoms with Gasteiger partial charge in [-0.3, -0.25) is 5.41 Å². The predicted octanol–water partition coefficient (Wildman–Crippen LogP) is 5.60. The van der Waals surface area contributed by atoms with Gasteiger partial charge in [-0.25, -0.2) is 0 Å². The second-order valence-electron chi connectivity index (χ2n) is 8.72. The molecule has 0 spiro atoms. The highest BCUT2D eigenvalue weighted by Crippen LogP contribution is 2.26. The Balaban J connectivity index is 0.00000338. The van der Waals surface area contributed by atoms with Crippen molar-refractivity contribution in [3.8, 4) is 0 Å². The van der Waals surface area contributed by atoms with Crippen molar-refractivity contribution in [2.24, 2.45) is 5.73 Å². The molecule has 0 saturated carbocycles. The molecule has 3 N–H and O–H groups in total. The van der Waals surface area contributed by atoms with Crippen LogP contribution in [0.25, 0.3) is 0 Å². The normalized spacial score (nSPS) is 11.6. The summed E-state index contributed by atoms with van der Waals surface area (Å²) in [4.78, 5) is 1.83. The first-order valence-electron chi connectivity index (χ1n) is 8.80. The van der Waals surface area contributed by atoms with Crippen molar-refractivity contribution >= 4 is 24.1 Å². The first-order chi connectivity index (χ1) is 11.5. The van der Waals surface area contributed by atoms with E-state index in [0.29, 0.717) is 6.54 Å². The quantitative estimate of drug-likeness (QED) is 0.543. The molecule has 0 aromatic heterocycles. The van der Waals surface area contributed by atoms with Crippen LogP contribution >= 0.6 is 12.4 Å². The van der Waals surface area contributed by atoms with E-state index in [2.05, 4.69) is 77.9 Å². The van der Waals surface area contributed by atoms with Crippen LogP contribution in [0.3, 0.4) is 0 Å². The van der Waals surface area contributed by atoms with Crippen molar-refractivity contribution in [1.29, 1.82) is 5.41 Å². The Kier molecular flexibility index (Phi) is 6.89. The van der Waals surface area contributed by atoms with E-state index in [1.54, 1.807) is 0 Å². The maximum absolute atomic E-state index is 7.96. The molecule has 142 valence electrons. The SMILES string of the molecule is CC(C)(C)c1ccc(CN(C(=N)N)c2ccc(C(C)(C)C)cc2)cc1.Cl. The van der Waals surface area contributed by atoms with E-state index in [0.717, 1.165) is 11.3 Å². The summed E-state index contributed by atoms with van der Waals surface area (Å²) in [6.07, 6.45) is 0. The fourth-order valence-electron chi connectivity index (χ4n) is 2.75. The van der Waals surface area contributed by atoms with Crippen LogP contribution in [0.15, 0.2) is 48.5 Å². The molecule has 0 amide bonds. The Morgan fingerprint density at radius 2 is 1.19 bits per heavy atom. The van der Waals surface area contributed by atoms with Crippen molar-refractivity contribution in [1.82, 2.24) is 0 Å². The second kappa shape index (κ2) is 8.13. The maximum atomic E-state index is 7.96. The number of nitrogens with one attached hydrogen (secondary N) is 1. The molecule has 2 aromatic carbocycles. The molecule has 26 heavy (non-hydrogen) atoms. The van der Waals surface area contributed by atoms with Gasteiger partial charge in [0, 0.05) is 5.69 Å². The van der Waals surface area contributed by atoms with Crippen molar-refractivity contribution in [2.75, 3.05) is 4.90 Å². The van der Waals surface area contributed by atoms with Crippen molar-refractivity contribution in [3.05, 3.63) is 65.2 Å². The van der Waals surface area contributed by atoms with Gasteiger partial charge in [-0.2, -0.15) is 0 Å². The van der Waals surface area contributed by atoms with E-state index in [1.807, 2.05) is 17.0 Å². The van der Waals surface area contributed by atoms with Crippen LogP contribution in [-0.4, -0.2) is 5.96 Å². The Morgan fingerprint density at radius 1 is 0.808 bits per heavy atom. The number of nitrogens with two attached hydrogens (primary N) is 1. The van der Waals surface area contributed by atoms with Gasteiger partial charge >= 0.3 is 0 Å². The molecular formula is C22H32ClN3. The highest BCUT2D eigenvalue weighted by atomic mass is 35.5. The summed E-state index contributed by atoms with van der Waals surface area (Å²) in [5.41, 5.74) is 10.8. The average molecular weight is 374 g/mol. The summed E-state index contributed by atoms with van der Waals surface area (Å²) in [7, 11) is 0. The summed E-state index contributed by atoms with van der Waals surface area (Å²) in [6.45, 7) is 13.8. The number of benzene rings is 2. The zero-order valence-corrected chi connectivity index (χ0v) is 17.6. The number of halogens is 1. The van der Waals surface area contributed by atoms with E-state index in [-0.39, 0.29) is 29.2 Å². The lowest BCUT2D eigenvalue weighted by Crippen LogP contribution is -2.36. The Labute approximate surface area is 164 Å². The Hall–Kier alpha value is -2.00. The molecule has 0 radical (unpaired) electrons. The number of nitrogens with zero attached hydrogens (tertiary/aromatic N) is 1. The van der Waals surface area contributed by atoms with Gasteiger partial charge in [0.15, 0.2) is 5.96 Å². The molecule has 0 saturated heterocycles. The number of guanidine groups is 1. The molecule has 0 heterocycles. The molecular weight excluding hydrogens is 342 g/mol. The van der Waals surface area contributed by atoms with Crippen LogP contribution in [0.5, 0.6) is 0 Å². The summed E-state index contributed by atoms with van der Waals surface area (Å²) >= 11 is 0. The molecule has 0 aliphatic rings. The number of rotatable bonds is 3. The van der Waals surface area contributed by atoms with Crippen LogP contribution in [0.1, 0.15) is 58.2 Å². The highest BCUT2D eigenvalue weighted by molar-refractivity contribution is 5.92. The lowest BCUT2D eigenvalue weighted by Gasteiger charge is -2.25. The van der Waals surface area contributed by atoms with E-state index < -0.39 is 0 Å². The zero-order chi connectivity index (χ0) is 18.8.